The Labute approximate surface area is 156 Å². The van der Waals surface area contributed by atoms with E-state index in [1.165, 1.54) is 7.11 Å². The summed E-state index contributed by atoms with van der Waals surface area (Å²) in [6.45, 7) is 3.94. The zero-order chi connectivity index (χ0) is 18.7. The number of benzene rings is 1. The molecule has 1 aromatic carbocycles. The van der Waals surface area contributed by atoms with Crippen LogP contribution in [0.15, 0.2) is 30.3 Å². The summed E-state index contributed by atoms with van der Waals surface area (Å²) in [5.74, 6) is -0.470. The molecule has 2 aromatic rings. The Morgan fingerprint density at radius 1 is 1.23 bits per heavy atom. The Hall–Kier alpha value is -2.38. The van der Waals surface area contributed by atoms with Crippen LogP contribution in [0.4, 0.5) is 0 Å². The van der Waals surface area contributed by atoms with E-state index in [2.05, 4.69) is 10.2 Å². The first kappa shape index (κ1) is 18.4. The van der Waals surface area contributed by atoms with Gasteiger partial charge >= 0.3 is 5.97 Å². The second-order valence-corrected chi connectivity index (χ2v) is 6.62. The molecule has 1 atom stereocenters. The van der Waals surface area contributed by atoms with E-state index in [-0.39, 0.29) is 11.9 Å². The highest BCUT2D eigenvalue weighted by atomic mass is 35.5. The van der Waals surface area contributed by atoms with Crippen LogP contribution in [0.2, 0.25) is 5.02 Å². The molecule has 3 rings (SSSR count). The molecule has 0 aliphatic carbocycles. The van der Waals surface area contributed by atoms with Crippen molar-refractivity contribution in [3.63, 3.8) is 0 Å². The van der Waals surface area contributed by atoms with Gasteiger partial charge in [-0.25, -0.2) is 4.79 Å². The maximum atomic E-state index is 12.5. The highest BCUT2D eigenvalue weighted by molar-refractivity contribution is 6.31. The zero-order valence-electron chi connectivity index (χ0n) is 14.7. The van der Waals surface area contributed by atoms with E-state index >= 15 is 0 Å². The maximum Gasteiger partial charge on any atom is 0.327 e. The SMILES string of the molecule is COC(=O)C(c1ccccc1Cl)N1CCN(C(=O)c2cc(C)[nH]n2)CC1. The minimum atomic E-state index is -0.585. The number of nitrogens with one attached hydrogen (secondary N) is 1. The average molecular weight is 377 g/mol. The Morgan fingerprint density at radius 2 is 1.92 bits per heavy atom. The zero-order valence-corrected chi connectivity index (χ0v) is 15.5. The van der Waals surface area contributed by atoms with Crippen molar-refractivity contribution >= 4 is 23.5 Å². The Bertz CT molecular complexity index is 799. The van der Waals surface area contributed by atoms with Crippen LogP contribution in [-0.4, -0.2) is 65.2 Å². The van der Waals surface area contributed by atoms with Crippen molar-refractivity contribution in [1.82, 2.24) is 20.0 Å². The predicted octanol–water partition coefficient (Wildman–Crippen LogP) is 2.04. The van der Waals surface area contributed by atoms with Gasteiger partial charge in [0.15, 0.2) is 0 Å². The maximum absolute atomic E-state index is 12.5. The molecule has 0 saturated carbocycles. The Morgan fingerprint density at radius 3 is 2.50 bits per heavy atom. The van der Waals surface area contributed by atoms with E-state index in [9.17, 15) is 9.59 Å². The van der Waals surface area contributed by atoms with E-state index in [0.717, 1.165) is 5.69 Å². The number of halogens is 1. The number of nitrogens with zero attached hydrogens (tertiary/aromatic N) is 3. The number of carbonyl (C=O) groups is 2. The first-order valence-corrected chi connectivity index (χ1v) is 8.76. The van der Waals surface area contributed by atoms with Crippen LogP contribution in [0, 0.1) is 6.92 Å². The number of carbonyl (C=O) groups excluding carboxylic acids is 2. The number of aromatic amines is 1. The standard InChI is InChI=1S/C18H21ClN4O3/c1-12-11-15(21-20-12)17(24)23-9-7-22(8-10-23)16(18(25)26-2)13-5-3-4-6-14(13)19/h3-6,11,16H,7-10H2,1-2H3,(H,20,21). The molecule has 26 heavy (non-hydrogen) atoms. The molecule has 1 aliphatic heterocycles. The van der Waals surface area contributed by atoms with Gasteiger partial charge in [-0.1, -0.05) is 29.8 Å². The van der Waals surface area contributed by atoms with E-state index in [1.807, 2.05) is 30.0 Å². The summed E-state index contributed by atoms with van der Waals surface area (Å²) < 4.78 is 4.99. The quantitative estimate of drug-likeness (QED) is 0.826. The number of hydrogen-bond donors (Lipinski definition) is 1. The van der Waals surface area contributed by atoms with Crippen LogP contribution in [-0.2, 0) is 9.53 Å². The molecule has 1 unspecified atom stereocenters. The number of rotatable bonds is 4. The van der Waals surface area contributed by atoms with Crippen LogP contribution < -0.4 is 0 Å². The summed E-state index contributed by atoms with van der Waals surface area (Å²) in [7, 11) is 1.37. The first-order chi connectivity index (χ1) is 12.5. The highest BCUT2D eigenvalue weighted by Gasteiger charge is 2.34. The number of aryl methyl sites for hydroxylation is 1. The molecule has 1 saturated heterocycles. The molecule has 138 valence electrons. The molecule has 1 N–H and O–H groups in total. The lowest BCUT2D eigenvalue weighted by atomic mass is 10.0. The molecule has 0 spiro atoms. The fourth-order valence-electron chi connectivity index (χ4n) is 3.15. The van der Waals surface area contributed by atoms with Crippen LogP contribution >= 0.6 is 11.6 Å². The van der Waals surface area contributed by atoms with Crippen LogP contribution in [0.3, 0.4) is 0 Å². The Kier molecular flexibility index (Phi) is 5.58. The summed E-state index contributed by atoms with van der Waals surface area (Å²) in [5.41, 5.74) is 1.96. The monoisotopic (exact) mass is 376 g/mol. The van der Waals surface area contributed by atoms with Crippen LogP contribution in [0.5, 0.6) is 0 Å². The van der Waals surface area contributed by atoms with Crippen molar-refractivity contribution in [3.05, 3.63) is 52.3 Å². The number of ether oxygens (including phenoxy) is 1. The normalized spacial score (nSPS) is 16.3. The minimum Gasteiger partial charge on any atom is -0.468 e. The van der Waals surface area contributed by atoms with E-state index in [4.69, 9.17) is 16.3 Å². The summed E-state index contributed by atoms with van der Waals surface area (Å²) in [4.78, 5) is 28.6. The van der Waals surface area contributed by atoms with Gasteiger partial charge in [-0.2, -0.15) is 5.10 Å². The summed E-state index contributed by atoms with van der Waals surface area (Å²) >= 11 is 6.29. The fraction of sp³-hybridized carbons (Fsp3) is 0.389. The van der Waals surface area contributed by atoms with Crippen molar-refractivity contribution in [1.29, 1.82) is 0 Å². The first-order valence-electron chi connectivity index (χ1n) is 8.39. The number of piperazine rings is 1. The molecule has 1 fully saturated rings. The smallest absolute Gasteiger partial charge is 0.327 e. The molecule has 8 heteroatoms. The minimum absolute atomic E-state index is 0.110. The van der Waals surface area contributed by atoms with Gasteiger partial charge in [0.25, 0.3) is 5.91 Å². The van der Waals surface area contributed by atoms with Gasteiger partial charge in [-0.05, 0) is 24.6 Å². The third-order valence-corrected chi connectivity index (χ3v) is 4.86. The number of aromatic nitrogens is 2. The van der Waals surface area contributed by atoms with Crippen LogP contribution in [0.25, 0.3) is 0 Å². The average Bonchev–Trinajstić information content (AvgIpc) is 3.09. The lowest BCUT2D eigenvalue weighted by Crippen LogP contribution is -2.51. The van der Waals surface area contributed by atoms with Gasteiger partial charge in [-0.15, -0.1) is 0 Å². The topological polar surface area (TPSA) is 78.5 Å². The van der Waals surface area contributed by atoms with E-state index in [0.29, 0.717) is 42.5 Å². The van der Waals surface area contributed by atoms with Gasteiger partial charge < -0.3 is 9.64 Å². The molecular formula is C18H21ClN4O3. The summed E-state index contributed by atoms with van der Waals surface area (Å²) in [6.07, 6.45) is 0. The number of esters is 1. The van der Waals surface area contributed by atoms with Crippen molar-refractivity contribution in [2.45, 2.75) is 13.0 Å². The van der Waals surface area contributed by atoms with Crippen LogP contribution in [0.1, 0.15) is 27.8 Å². The van der Waals surface area contributed by atoms with Crippen molar-refractivity contribution < 1.29 is 14.3 Å². The predicted molar refractivity (Wildman–Crippen MR) is 97.0 cm³/mol. The lowest BCUT2D eigenvalue weighted by molar-refractivity contribution is -0.148. The molecule has 7 nitrogen and oxygen atoms in total. The molecule has 1 aromatic heterocycles. The van der Waals surface area contributed by atoms with Crippen molar-refractivity contribution in [3.8, 4) is 0 Å². The van der Waals surface area contributed by atoms with Gasteiger partial charge in [0.1, 0.15) is 11.7 Å². The van der Waals surface area contributed by atoms with Crippen molar-refractivity contribution in [2.24, 2.45) is 0 Å². The number of H-pyrrole nitrogens is 1. The van der Waals surface area contributed by atoms with E-state index in [1.54, 1.807) is 17.0 Å². The van der Waals surface area contributed by atoms with Gasteiger partial charge in [0, 0.05) is 36.9 Å². The lowest BCUT2D eigenvalue weighted by Gasteiger charge is -2.38. The molecule has 1 aliphatic rings. The highest BCUT2D eigenvalue weighted by Crippen LogP contribution is 2.29. The van der Waals surface area contributed by atoms with Gasteiger partial charge in [0.2, 0.25) is 0 Å². The molecule has 2 heterocycles. The second-order valence-electron chi connectivity index (χ2n) is 6.21. The summed E-state index contributed by atoms with van der Waals surface area (Å²) in [6, 6.07) is 8.40. The van der Waals surface area contributed by atoms with Gasteiger partial charge in [-0.3, -0.25) is 14.8 Å². The molecular weight excluding hydrogens is 356 g/mol. The van der Waals surface area contributed by atoms with Gasteiger partial charge in [0.05, 0.1) is 7.11 Å². The Balaban J connectivity index is 1.73. The third-order valence-electron chi connectivity index (χ3n) is 4.52. The fourth-order valence-corrected chi connectivity index (χ4v) is 3.39. The van der Waals surface area contributed by atoms with Crippen molar-refractivity contribution in [2.75, 3.05) is 33.3 Å². The summed E-state index contributed by atoms with van der Waals surface area (Å²) in [5, 5.41) is 7.33. The largest absolute Gasteiger partial charge is 0.468 e. The second kappa shape index (κ2) is 7.88. The third kappa shape index (κ3) is 3.73. The number of methoxy groups -OCH3 is 1. The number of amides is 1. The molecule has 0 bridgehead atoms. The number of hydrogen-bond acceptors (Lipinski definition) is 5. The molecule has 0 radical (unpaired) electrons. The van der Waals surface area contributed by atoms with E-state index < -0.39 is 6.04 Å². The molecule has 1 amide bonds.